The standard InChI is InChI=1S/C14H19N3O/c15-14-16-9-13(11-5-2-1-3-6-11)17(14)10-12-7-4-8-18-12/h1-3,5-6,12-13H,4,7-10H2,(H2,15,16). The fourth-order valence-corrected chi connectivity index (χ4v) is 2.72. The number of rotatable bonds is 3. The van der Waals surface area contributed by atoms with Crippen molar-refractivity contribution in [3.05, 3.63) is 35.9 Å². The summed E-state index contributed by atoms with van der Waals surface area (Å²) in [7, 11) is 0. The van der Waals surface area contributed by atoms with Crippen LogP contribution in [-0.4, -0.2) is 36.7 Å². The molecule has 4 heteroatoms. The van der Waals surface area contributed by atoms with E-state index in [-0.39, 0.29) is 6.04 Å². The Kier molecular flexibility index (Phi) is 3.19. The van der Waals surface area contributed by atoms with E-state index in [4.69, 9.17) is 10.5 Å². The van der Waals surface area contributed by atoms with E-state index in [9.17, 15) is 0 Å². The van der Waals surface area contributed by atoms with Crippen LogP contribution in [-0.2, 0) is 4.74 Å². The van der Waals surface area contributed by atoms with E-state index < -0.39 is 0 Å². The lowest BCUT2D eigenvalue weighted by atomic mass is 10.1. The van der Waals surface area contributed by atoms with Crippen LogP contribution in [0.2, 0.25) is 0 Å². The van der Waals surface area contributed by atoms with Gasteiger partial charge in [0.05, 0.1) is 18.7 Å². The van der Waals surface area contributed by atoms with E-state index in [0.29, 0.717) is 12.1 Å². The Labute approximate surface area is 107 Å². The lowest BCUT2D eigenvalue weighted by molar-refractivity contribution is 0.0853. The molecule has 2 N–H and O–H groups in total. The van der Waals surface area contributed by atoms with Gasteiger partial charge in [-0.1, -0.05) is 30.3 Å². The van der Waals surface area contributed by atoms with Gasteiger partial charge in [-0.2, -0.15) is 0 Å². The second kappa shape index (κ2) is 4.98. The first kappa shape index (κ1) is 11.5. The number of nitrogens with zero attached hydrogens (tertiary/aromatic N) is 2. The van der Waals surface area contributed by atoms with E-state index in [1.165, 1.54) is 5.56 Å². The zero-order valence-electron chi connectivity index (χ0n) is 10.5. The number of hydrogen-bond donors (Lipinski definition) is 1. The Morgan fingerprint density at radius 3 is 2.89 bits per heavy atom. The molecule has 2 aliphatic heterocycles. The van der Waals surface area contributed by atoms with Crippen LogP contribution in [0.25, 0.3) is 0 Å². The average molecular weight is 245 g/mol. The van der Waals surface area contributed by atoms with Crippen molar-refractivity contribution in [2.75, 3.05) is 19.7 Å². The molecular formula is C14H19N3O. The van der Waals surface area contributed by atoms with Crippen LogP contribution < -0.4 is 5.73 Å². The number of ether oxygens (including phenoxy) is 1. The second-order valence-electron chi connectivity index (χ2n) is 4.91. The van der Waals surface area contributed by atoms with Crippen molar-refractivity contribution >= 4 is 5.96 Å². The molecule has 96 valence electrons. The summed E-state index contributed by atoms with van der Waals surface area (Å²) in [5, 5.41) is 0. The maximum atomic E-state index is 6.01. The first-order valence-electron chi connectivity index (χ1n) is 6.58. The Balaban J connectivity index is 1.74. The van der Waals surface area contributed by atoms with Gasteiger partial charge in [0.1, 0.15) is 0 Å². The largest absolute Gasteiger partial charge is 0.376 e. The van der Waals surface area contributed by atoms with E-state index in [1.54, 1.807) is 0 Å². The quantitative estimate of drug-likeness (QED) is 0.878. The van der Waals surface area contributed by atoms with Crippen LogP contribution in [0.3, 0.4) is 0 Å². The van der Waals surface area contributed by atoms with Gasteiger partial charge in [0.25, 0.3) is 0 Å². The highest BCUT2D eigenvalue weighted by atomic mass is 16.5. The number of aliphatic imine (C=N–C) groups is 1. The Hall–Kier alpha value is -1.55. The minimum Gasteiger partial charge on any atom is -0.376 e. The monoisotopic (exact) mass is 245 g/mol. The summed E-state index contributed by atoms with van der Waals surface area (Å²) in [6, 6.07) is 10.7. The van der Waals surface area contributed by atoms with Gasteiger partial charge in [0, 0.05) is 13.2 Å². The normalized spacial score (nSPS) is 27.6. The molecule has 2 unspecified atom stereocenters. The molecule has 2 atom stereocenters. The van der Waals surface area contributed by atoms with Crippen molar-refractivity contribution in [3.63, 3.8) is 0 Å². The van der Waals surface area contributed by atoms with E-state index in [2.05, 4.69) is 34.2 Å². The van der Waals surface area contributed by atoms with E-state index in [0.717, 1.165) is 32.5 Å². The van der Waals surface area contributed by atoms with Crippen LogP contribution in [0.4, 0.5) is 0 Å². The maximum absolute atomic E-state index is 6.01. The highest BCUT2D eigenvalue weighted by Crippen LogP contribution is 2.27. The van der Waals surface area contributed by atoms with Crippen LogP contribution in [0.15, 0.2) is 35.3 Å². The molecule has 2 aliphatic rings. The molecule has 18 heavy (non-hydrogen) atoms. The summed E-state index contributed by atoms with van der Waals surface area (Å²) in [4.78, 5) is 6.57. The second-order valence-corrected chi connectivity index (χ2v) is 4.91. The lowest BCUT2D eigenvalue weighted by Crippen LogP contribution is -2.41. The summed E-state index contributed by atoms with van der Waals surface area (Å²) in [5.74, 6) is 0.652. The molecular weight excluding hydrogens is 226 g/mol. The van der Waals surface area contributed by atoms with Crippen LogP contribution in [0.1, 0.15) is 24.4 Å². The number of hydrogen-bond acceptors (Lipinski definition) is 4. The first-order chi connectivity index (χ1) is 8.84. The van der Waals surface area contributed by atoms with Crippen LogP contribution in [0, 0.1) is 0 Å². The summed E-state index contributed by atoms with van der Waals surface area (Å²) in [6.45, 7) is 2.49. The molecule has 3 rings (SSSR count). The fourth-order valence-electron chi connectivity index (χ4n) is 2.72. The van der Waals surface area contributed by atoms with E-state index >= 15 is 0 Å². The molecule has 4 nitrogen and oxygen atoms in total. The zero-order chi connectivity index (χ0) is 12.4. The molecule has 0 bridgehead atoms. The lowest BCUT2D eigenvalue weighted by Gasteiger charge is -2.28. The number of benzene rings is 1. The van der Waals surface area contributed by atoms with Gasteiger partial charge in [-0.15, -0.1) is 0 Å². The Bertz CT molecular complexity index is 426. The van der Waals surface area contributed by atoms with Crippen LogP contribution >= 0.6 is 0 Å². The van der Waals surface area contributed by atoms with Crippen LogP contribution in [0.5, 0.6) is 0 Å². The van der Waals surface area contributed by atoms with Crippen molar-refractivity contribution in [2.45, 2.75) is 25.0 Å². The minimum atomic E-state index is 0.274. The third-order valence-electron chi connectivity index (χ3n) is 3.71. The van der Waals surface area contributed by atoms with Gasteiger partial charge in [0.15, 0.2) is 5.96 Å². The Morgan fingerprint density at radius 2 is 2.17 bits per heavy atom. The molecule has 0 amide bonds. The number of guanidine groups is 1. The molecule has 1 aromatic carbocycles. The van der Waals surface area contributed by atoms with Crippen molar-refractivity contribution in [3.8, 4) is 0 Å². The van der Waals surface area contributed by atoms with Gasteiger partial charge < -0.3 is 15.4 Å². The van der Waals surface area contributed by atoms with Gasteiger partial charge in [-0.3, -0.25) is 4.99 Å². The third kappa shape index (κ3) is 2.20. The summed E-state index contributed by atoms with van der Waals surface area (Å²) >= 11 is 0. The molecule has 0 spiro atoms. The molecule has 1 saturated heterocycles. The van der Waals surface area contributed by atoms with Gasteiger partial charge in [-0.05, 0) is 18.4 Å². The predicted molar refractivity (Wildman–Crippen MR) is 71.4 cm³/mol. The highest BCUT2D eigenvalue weighted by molar-refractivity contribution is 5.80. The van der Waals surface area contributed by atoms with Crippen molar-refractivity contribution < 1.29 is 4.74 Å². The average Bonchev–Trinajstić information content (AvgIpc) is 3.03. The first-order valence-corrected chi connectivity index (χ1v) is 6.58. The third-order valence-corrected chi connectivity index (χ3v) is 3.71. The fraction of sp³-hybridized carbons (Fsp3) is 0.500. The topological polar surface area (TPSA) is 50.8 Å². The number of nitrogens with two attached hydrogens (primary N) is 1. The van der Waals surface area contributed by atoms with E-state index in [1.807, 2.05) is 6.07 Å². The van der Waals surface area contributed by atoms with Crippen molar-refractivity contribution in [1.82, 2.24) is 4.90 Å². The SMILES string of the molecule is NC1=NCC(c2ccccc2)N1CC1CCCO1. The maximum Gasteiger partial charge on any atom is 0.192 e. The predicted octanol–water partition coefficient (Wildman–Crippen LogP) is 1.54. The molecule has 0 saturated carbocycles. The van der Waals surface area contributed by atoms with Crippen molar-refractivity contribution in [1.29, 1.82) is 0 Å². The zero-order valence-corrected chi connectivity index (χ0v) is 10.5. The minimum absolute atomic E-state index is 0.274. The molecule has 1 fully saturated rings. The van der Waals surface area contributed by atoms with Crippen molar-refractivity contribution in [2.24, 2.45) is 10.7 Å². The smallest absolute Gasteiger partial charge is 0.192 e. The molecule has 2 heterocycles. The van der Waals surface area contributed by atoms with Gasteiger partial charge in [-0.25, -0.2) is 0 Å². The molecule has 0 radical (unpaired) electrons. The molecule has 0 aliphatic carbocycles. The highest BCUT2D eigenvalue weighted by Gasteiger charge is 2.30. The summed E-state index contributed by atoms with van der Waals surface area (Å²) in [6.07, 6.45) is 2.60. The van der Waals surface area contributed by atoms with Gasteiger partial charge >= 0.3 is 0 Å². The molecule has 0 aromatic heterocycles. The summed E-state index contributed by atoms with van der Waals surface area (Å²) in [5.41, 5.74) is 7.28. The summed E-state index contributed by atoms with van der Waals surface area (Å²) < 4.78 is 5.70. The Morgan fingerprint density at radius 1 is 1.33 bits per heavy atom. The van der Waals surface area contributed by atoms with Gasteiger partial charge in [0.2, 0.25) is 0 Å². The molecule has 1 aromatic rings.